The van der Waals surface area contributed by atoms with E-state index in [4.69, 9.17) is 10.8 Å². The Morgan fingerprint density at radius 1 is 1.73 bits per heavy atom. The lowest BCUT2D eigenvalue weighted by Gasteiger charge is -2.05. The maximum absolute atomic E-state index is 10.8. The lowest BCUT2D eigenvalue weighted by molar-refractivity contribution is -0.120. The van der Waals surface area contributed by atoms with Gasteiger partial charge in [-0.2, -0.15) is 0 Å². The van der Waals surface area contributed by atoms with Crippen molar-refractivity contribution in [3.05, 3.63) is 0 Å². The maximum atomic E-state index is 10.8. The molecule has 0 aliphatic heterocycles. The highest BCUT2D eigenvalue weighted by atomic mass is 16.3. The molecular weight excluding hydrogens is 144 g/mol. The second kappa shape index (κ2) is 6.12. The predicted molar refractivity (Wildman–Crippen MR) is 43.0 cm³/mol. The van der Waals surface area contributed by atoms with Gasteiger partial charge < -0.3 is 16.2 Å². The molecule has 0 aliphatic rings. The average Bonchev–Trinajstić information content (AvgIpc) is 1.87. The Balaban J connectivity index is 3.17. The number of aliphatic hydroxyl groups is 1. The van der Waals surface area contributed by atoms with Crippen molar-refractivity contribution < 1.29 is 9.90 Å². The van der Waals surface area contributed by atoms with E-state index in [-0.39, 0.29) is 12.0 Å². The largest absolute Gasteiger partial charge is 0.393 e. The van der Waals surface area contributed by atoms with Gasteiger partial charge in [-0.3, -0.25) is 4.79 Å². The molecule has 0 bridgehead atoms. The van der Waals surface area contributed by atoms with Gasteiger partial charge in [-0.05, 0) is 13.3 Å². The highest BCUT2D eigenvalue weighted by Crippen LogP contribution is 1.86. The molecule has 4 nitrogen and oxygen atoms in total. The van der Waals surface area contributed by atoms with Crippen molar-refractivity contribution in [3.63, 3.8) is 0 Å². The van der Waals surface area contributed by atoms with Crippen LogP contribution in [0.5, 0.6) is 0 Å². The number of carbonyl (C=O) groups excluding carboxylic acids is 1. The molecule has 0 spiro atoms. The van der Waals surface area contributed by atoms with Crippen molar-refractivity contribution in [2.24, 2.45) is 5.73 Å². The number of amides is 1. The van der Waals surface area contributed by atoms with E-state index in [1.54, 1.807) is 6.92 Å². The zero-order chi connectivity index (χ0) is 8.69. The summed E-state index contributed by atoms with van der Waals surface area (Å²) in [7, 11) is 0. The molecule has 0 fully saturated rings. The summed E-state index contributed by atoms with van der Waals surface area (Å²) in [5.41, 5.74) is 5.15. The Kier molecular flexibility index (Phi) is 5.78. The third kappa shape index (κ3) is 7.29. The average molecular weight is 160 g/mol. The molecule has 66 valence electrons. The standard InChI is InChI=1S/C7H16N2O2/c1-6(10)3-5-9-7(11)2-4-8/h6,10H,2-5,8H2,1H3,(H,9,11)/t6-/m0/s1. The van der Waals surface area contributed by atoms with Gasteiger partial charge in [0.05, 0.1) is 6.10 Å². The molecule has 4 heteroatoms. The van der Waals surface area contributed by atoms with Gasteiger partial charge in [-0.1, -0.05) is 0 Å². The summed E-state index contributed by atoms with van der Waals surface area (Å²) in [5.74, 6) is -0.0480. The van der Waals surface area contributed by atoms with Crippen LogP contribution in [-0.4, -0.2) is 30.2 Å². The number of nitrogens with two attached hydrogens (primary N) is 1. The highest BCUT2D eigenvalue weighted by Gasteiger charge is 1.99. The molecule has 0 heterocycles. The number of hydrogen-bond donors (Lipinski definition) is 3. The van der Waals surface area contributed by atoms with Gasteiger partial charge in [0.2, 0.25) is 5.91 Å². The van der Waals surface area contributed by atoms with Crippen LogP contribution in [0, 0.1) is 0 Å². The third-order valence-electron chi connectivity index (χ3n) is 1.26. The first kappa shape index (κ1) is 10.4. The number of aliphatic hydroxyl groups excluding tert-OH is 1. The predicted octanol–water partition coefficient (Wildman–Crippen LogP) is -0.778. The SMILES string of the molecule is C[C@H](O)CCNC(=O)CCN. The second-order valence-corrected chi connectivity index (χ2v) is 2.53. The molecule has 0 aromatic heterocycles. The Morgan fingerprint density at radius 3 is 2.82 bits per heavy atom. The smallest absolute Gasteiger partial charge is 0.221 e. The van der Waals surface area contributed by atoms with Crippen molar-refractivity contribution in [3.8, 4) is 0 Å². The van der Waals surface area contributed by atoms with Gasteiger partial charge >= 0.3 is 0 Å². The summed E-state index contributed by atoms with van der Waals surface area (Å²) in [6.07, 6.45) is 0.601. The van der Waals surface area contributed by atoms with Crippen molar-refractivity contribution >= 4 is 5.91 Å². The molecule has 0 saturated heterocycles. The van der Waals surface area contributed by atoms with E-state index >= 15 is 0 Å². The molecule has 0 unspecified atom stereocenters. The molecule has 4 N–H and O–H groups in total. The minimum Gasteiger partial charge on any atom is -0.393 e. The van der Waals surface area contributed by atoms with E-state index in [0.29, 0.717) is 25.9 Å². The first-order valence-corrected chi connectivity index (χ1v) is 3.81. The van der Waals surface area contributed by atoms with Crippen molar-refractivity contribution in [1.29, 1.82) is 0 Å². The van der Waals surface area contributed by atoms with Crippen LogP contribution < -0.4 is 11.1 Å². The Morgan fingerprint density at radius 2 is 2.36 bits per heavy atom. The fraction of sp³-hybridized carbons (Fsp3) is 0.857. The molecule has 0 rings (SSSR count). The summed E-state index contributed by atoms with van der Waals surface area (Å²) in [4.78, 5) is 10.8. The van der Waals surface area contributed by atoms with Gasteiger partial charge in [-0.25, -0.2) is 0 Å². The van der Waals surface area contributed by atoms with Gasteiger partial charge in [-0.15, -0.1) is 0 Å². The van der Waals surface area contributed by atoms with E-state index in [1.807, 2.05) is 0 Å². The molecular formula is C7H16N2O2. The molecule has 0 radical (unpaired) electrons. The normalized spacial score (nSPS) is 12.6. The molecule has 0 aliphatic carbocycles. The minimum absolute atomic E-state index is 0.0480. The quantitative estimate of drug-likeness (QED) is 0.494. The van der Waals surface area contributed by atoms with Crippen molar-refractivity contribution in [2.75, 3.05) is 13.1 Å². The fourth-order valence-electron chi connectivity index (χ4n) is 0.640. The Bertz CT molecular complexity index is 115. The van der Waals surface area contributed by atoms with Crippen LogP contribution in [0.4, 0.5) is 0 Å². The monoisotopic (exact) mass is 160 g/mol. The molecule has 1 atom stereocenters. The van der Waals surface area contributed by atoms with Crippen LogP contribution >= 0.6 is 0 Å². The maximum Gasteiger partial charge on any atom is 0.221 e. The van der Waals surface area contributed by atoms with E-state index in [1.165, 1.54) is 0 Å². The molecule has 0 aromatic rings. The topological polar surface area (TPSA) is 75.3 Å². The lowest BCUT2D eigenvalue weighted by atomic mass is 10.3. The number of nitrogens with one attached hydrogen (secondary N) is 1. The summed E-state index contributed by atoms with van der Waals surface area (Å²) in [5, 5.41) is 11.5. The van der Waals surface area contributed by atoms with Crippen molar-refractivity contribution in [2.45, 2.75) is 25.9 Å². The minimum atomic E-state index is -0.354. The lowest BCUT2D eigenvalue weighted by Crippen LogP contribution is -2.28. The van der Waals surface area contributed by atoms with E-state index in [2.05, 4.69) is 5.32 Å². The highest BCUT2D eigenvalue weighted by molar-refractivity contribution is 5.75. The van der Waals surface area contributed by atoms with Gasteiger partial charge in [0.25, 0.3) is 0 Å². The molecule has 0 aromatic carbocycles. The summed E-state index contributed by atoms with van der Waals surface area (Å²) in [6, 6.07) is 0. The number of rotatable bonds is 5. The van der Waals surface area contributed by atoms with Gasteiger partial charge in [0.1, 0.15) is 0 Å². The molecule has 1 amide bonds. The van der Waals surface area contributed by atoms with Crippen LogP contribution in [0.2, 0.25) is 0 Å². The van der Waals surface area contributed by atoms with Crippen LogP contribution in [0.15, 0.2) is 0 Å². The zero-order valence-corrected chi connectivity index (χ0v) is 6.84. The van der Waals surface area contributed by atoms with Crippen LogP contribution in [0.1, 0.15) is 19.8 Å². The van der Waals surface area contributed by atoms with Crippen LogP contribution in [0.25, 0.3) is 0 Å². The first-order chi connectivity index (χ1) is 5.16. The third-order valence-corrected chi connectivity index (χ3v) is 1.26. The van der Waals surface area contributed by atoms with E-state index < -0.39 is 0 Å². The van der Waals surface area contributed by atoms with Gasteiger partial charge in [0, 0.05) is 19.5 Å². The number of carbonyl (C=O) groups is 1. The van der Waals surface area contributed by atoms with Crippen molar-refractivity contribution in [1.82, 2.24) is 5.32 Å². The Labute approximate surface area is 66.8 Å². The zero-order valence-electron chi connectivity index (χ0n) is 6.84. The first-order valence-electron chi connectivity index (χ1n) is 3.81. The second-order valence-electron chi connectivity index (χ2n) is 2.53. The van der Waals surface area contributed by atoms with Crippen LogP contribution in [0.3, 0.4) is 0 Å². The molecule has 0 saturated carbocycles. The molecule has 11 heavy (non-hydrogen) atoms. The fourth-order valence-corrected chi connectivity index (χ4v) is 0.640. The van der Waals surface area contributed by atoms with E-state index in [0.717, 1.165) is 0 Å². The van der Waals surface area contributed by atoms with Gasteiger partial charge in [0.15, 0.2) is 0 Å². The van der Waals surface area contributed by atoms with E-state index in [9.17, 15) is 4.79 Å². The number of hydrogen-bond acceptors (Lipinski definition) is 3. The summed E-state index contributed by atoms with van der Waals surface area (Å²) in [6.45, 7) is 2.59. The Hall–Kier alpha value is -0.610. The summed E-state index contributed by atoms with van der Waals surface area (Å²) >= 11 is 0. The van der Waals surface area contributed by atoms with Crippen LogP contribution in [-0.2, 0) is 4.79 Å². The summed E-state index contributed by atoms with van der Waals surface area (Å²) < 4.78 is 0.